The molecule has 0 aliphatic carbocycles. The predicted octanol–water partition coefficient (Wildman–Crippen LogP) is 7.26. The third kappa shape index (κ3) is 7.30. The molecule has 2 aromatic heterocycles. The average Bonchev–Trinajstić information content (AvgIpc) is 3.56. The minimum atomic E-state index is -2.78. The number of imide groups is 1. The molecule has 4 amide bonds. The number of nitrogens with one attached hydrogen (secondary N) is 2. The molecule has 302 valence electrons. The van der Waals surface area contributed by atoms with E-state index in [2.05, 4.69) is 40.4 Å². The number of rotatable bonds is 9. The highest BCUT2D eigenvalue weighted by molar-refractivity contribution is 6.06. The first kappa shape index (κ1) is 39.3. The molecular formula is C46H44F2N6O5. The summed E-state index contributed by atoms with van der Waals surface area (Å²) < 4.78 is 31.5. The van der Waals surface area contributed by atoms with Crippen molar-refractivity contribution in [3.8, 4) is 11.1 Å². The topological polar surface area (TPSA) is 134 Å². The van der Waals surface area contributed by atoms with Gasteiger partial charge in [-0.25, -0.2) is 8.78 Å². The molecule has 13 heteroatoms. The Morgan fingerprint density at radius 3 is 2.54 bits per heavy atom. The monoisotopic (exact) mass is 798 g/mol. The third-order valence-corrected chi connectivity index (χ3v) is 11.7. The molecule has 11 nitrogen and oxygen atoms in total. The first-order valence-electron chi connectivity index (χ1n) is 19.8. The van der Waals surface area contributed by atoms with Crippen molar-refractivity contribution < 1.29 is 28.0 Å². The number of carbonyl (C=O) groups excluding carboxylic acids is 4. The Kier molecular flexibility index (Phi) is 10.5. The maximum absolute atomic E-state index is 14.9. The standard InChI is InChI=1S/C46H44F2N6O5/c1-25(2)30-20-39-34(18-26(3)45(58)52(39)4)40(21-30)53-17-7-10-28-19-32(33(42(47)48)22-38(28)53)29-12-13-36(50-23-29)43(56)49-16-6-9-27-8-5-11-31-35(27)24-54(46(31)59)37-14-15-41(55)51-44(37)57/h5-6,8-9,11-13,18-23,25,37,42H,7,10,14-17,24H2,1-4H3,(H,49,56)(H,51,55,57)/b9-6+. The number of nitrogens with zero attached hydrogens (tertiary/aromatic N) is 4. The third-order valence-electron chi connectivity index (χ3n) is 11.7. The summed E-state index contributed by atoms with van der Waals surface area (Å²) in [7, 11) is 1.76. The van der Waals surface area contributed by atoms with Crippen molar-refractivity contribution in [2.45, 2.75) is 71.4 Å². The van der Waals surface area contributed by atoms with Gasteiger partial charge in [-0.05, 0) is 102 Å². The van der Waals surface area contributed by atoms with Gasteiger partial charge in [-0.3, -0.25) is 34.3 Å². The number of hydrogen-bond donors (Lipinski definition) is 2. The minimum Gasteiger partial charge on any atom is -0.347 e. The van der Waals surface area contributed by atoms with Gasteiger partial charge in [0.2, 0.25) is 11.8 Å². The molecule has 1 atom stereocenters. The van der Waals surface area contributed by atoms with Crippen LogP contribution in [0.1, 0.15) is 99.7 Å². The van der Waals surface area contributed by atoms with Crippen LogP contribution in [0, 0.1) is 6.92 Å². The van der Waals surface area contributed by atoms with Crippen molar-refractivity contribution in [1.82, 2.24) is 25.1 Å². The molecule has 3 aliphatic rings. The van der Waals surface area contributed by atoms with Crippen molar-refractivity contribution >= 4 is 52.0 Å². The lowest BCUT2D eigenvalue weighted by atomic mass is 9.91. The van der Waals surface area contributed by atoms with E-state index in [1.165, 1.54) is 17.2 Å². The van der Waals surface area contributed by atoms with Gasteiger partial charge in [0.1, 0.15) is 11.7 Å². The van der Waals surface area contributed by atoms with Crippen LogP contribution in [-0.2, 0) is 29.6 Å². The first-order chi connectivity index (χ1) is 28.3. The highest BCUT2D eigenvalue weighted by Crippen LogP contribution is 2.44. The molecule has 1 unspecified atom stereocenters. The summed E-state index contributed by atoms with van der Waals surface area (Å²) in [5.41, 5.74) is 7.71. The molecule has 5 aromatic rings. The van der Waals surface area contributed by atoms with Crippen molar-refractivity contribution in [3.63, 3.8) is 0 Å². The summed E-state index contributed by atoms with van der Waals surface area (Å²) in [5.74, 6) is -1.36. The van der Waals surface area contributed by atoms with Gasteiger partial charge < -0.3 is 19.7 Å². The number of halogens is 2. The number of pyridine rings is 2. The molecule has 2 N–H and O–H groups in total. The second-order valence-electron chi connectivity index (χ2n) is 15.8. The van der Waals surface area contributed by atoms with Gasteiger partial charge in [-0.2, -0.15) is 0 Å². The zero-order chi connectivity index (χ0) is 41.7. The number of carbonyl (C=O) groups is 4. The summed E-state index contributed by atoms with van der Waals surface area (Å²) >= 11 is 0. The van der Waals surface area contributed by atoms with E-state index in [1.807, 2.05) is 24.3 Å². The predicted molar refractivity (Wildman–Crippen MR) is 222 cm³/mol. The molecule has 0 bridgehead atoms. The molecule has 0 spiro atoms. The maximum atomic E-state index is 14.9. The van der Waals surface area contributed by atoms with E-state index in [9.17, 15) is 32.8 Å². The quantitative estimate of drug-likeness (QED) is 0.150. The summed E-state index contributed by atoms with van der Waals surface area (Å²) in [4.78, 5) is 71.2. The largest absolute Gasteiger partial charge is 0.347 e. The number of hydrogen-bond acceptors (Lipinski definition) is 7. The van der Waals surface area contributed by atoms with Crippen LogP contribution >= 0.6 is 0 Å². The van der Waals surface area contributed by atoms with Gasteiger partial charge in [-0.15, -0.1) is 0 Å². The van der Waals surface area contributed by atoms with Crippen molar-refractivity contribution in [2.75, 3.05) is 18.0 Å². The number of benzene rings is 3. The lowest BCUT2D eigenvalue weighted by molar-refractivity contribution is -0.136. The molecular weight excluding hydrogens is 755 g/mol. The van der Waals surface area contributed by atoms with E-state index in [-0.39, 0.29) is 60.5 Å². The van der Waals surface area contributed by atoms with E-state index in [0.717, 1.165) is 45.3 Å². The van der Waals surface area contributed by atoms with E-state index >= 15 is 0 Å². The van der Waals surface area contributed by atoms with Crippen LogP contribution in [0.3, 0.4) is 0 Å². The number of alkyl halides is 2. The zero-order valence-corrected chi connectivity index (χ0v) is 33.3. The number of piperidine rings is 1. The molecule has 5 heterocycles. The van der Waals surface area contributed by atoms with Crippen molar-refractivity contribution in [1.29, 1.82) is 0 Å². The normalized spacial score (nSPS) is 16.7. The van der Waals surface area contributed by atoms with Crippen LogP contribution in [0.15, 0.2) is 77.7 Å². The summed E-state index contributed by atoms with van der Waals surface area (Å²) in [5, 5.41) is 6.00. The first-order valence-corrected chi connectivity index (χ1v) is 19.8. The SMILES string of the molecule is Cc1cc2c(N3CCCc4cc(-c5ccc(C(=O)NC/C=C/c6cccc7c6CN(C6CCC(=O)NC6=O)C7=O)nc5)c(C(F)F)cc43)cc(C(C)C)cc2n(C)c1=O. The molecule has 3 aliphatic heterocycles. The molecule has 0 radical (unpaired) electrons. The second-order valence-corrected chi connectivity index (χ2v) is 15.8. The Balaban J connectivity index is 0.996. The van der Waals surface area contributed by atoms with Crippen molar-refractivity contribution in [3.05, 3.63) is 128 Å². The summed E-state index contributed by atoms with van der Waals surface area (Å²) in [6.45, 7) is 6.98. The van der Waals surface area contributed by atoms with E-state index in [1.54, 1.807) is 55.0 Å². The van der Waals surface area contributed by atoms with Crippen LogP contribution in [0.25, 0.3) is 28.1 Å². The fraction of sp³-hybridized carbons (Fsp3) is 0.304. The number of anilines is 2. The number of amides is 4. The van der Waals surface area contributed by atoms with Crippen LogP contribution in [0.5, 0.6) is 0 Å². The van der Waals surface area contributed by atoms with Crippen LogP contribution < -0.4 is 21.1 Å². The summed E-state index contributed by atoms with van der Waals surface area (Å²) in [6.07, 6.45) is 4.15. The Hall–Kier alpha value is -6.50. The minimum absolute atomic E-state index is 0.0738. The molecule has 1 fully saturated rings. The van der Waals surface area contributed by atoms with Crippen LogP contribution in [0.4, 0.5) is 20.2 Å². The van der Waals surface area contributed by atoms with E-state index < -0.39 is 24.3 Å². The number of aryl methyl sites for hydroxylation is 3. The Morgan fingerprint density at radius 1 is 1.00 bits per heavy atom. The molecule has 1 saturated heterocycles. The summed E-state index contributed by atoms with van der Waals surface area (Å²) in [6, 6.07) is 17.2. The fourth-order valence-electron chi connectivity index (χ4n) is 8.49. The van der Waals surface area contributed by atoms with Gasteiger partial charge in [0.05, 0.1) is 11.2 Å². The van der Waals surface area contributed by atoms with E-state index in [0.29, 0.717) is 40.9 Å². The Labute approximate surface area is 339 Å². The molecule has 3 aromatic carbocycles. The zero-order valence-electron chi connectivity index (χ0n) is 33.3. The fourth-order valence-corrected chi connectivity index (χ4v) is 8.49. The van der Waals surface area contributed by atoms with Gasteiger partial charge in [0.15, 0.2) is 0 Å². The number of aromatic nitrogens is 2. The van der Waals surface area contributed by atoms with Crippen LogP contribution in [-0.4, -0.2) is 57.2 Å². The Morgan fingerprint density at radius 2 is 1.81 bits per heavy atom. The second kappa shape index (κ2) is 15.7. The molecule has 59 heavy (non-hydrogen) atoms. The number of fused-ring (bicyclic) bond motifs is 3. The van der Waals surface area contributed by atoms with Gasteiger partial charge in [0.25, 0.3) is 23.8 Å². The van der Waals surface area contributed by atoms with Gasteiger partial charge in [0, 0.05) is 72.6 Å². The highest BCUT2D eigenvalue weighted by atomic mass is 19.3. The van der Waals surface area contributed by atoms with Crippen LogP contribution in [0.2, 0.25) is 0 Å². The lowest BCUT2D eigenvalue weighted by Gasteiger charge is -2.34. The van der Waals surface area contributed by atoms with Gasteiger partial charge in [-0.1, -0.05) is 44.2 Å². The van der Waals surface area contributed by atoms with Gasteiger partial charge >= 0.3 is 0 Å². The maximum Gasteiger partial charge on any atom is 0.270 e. The molecule has 0 saturated carbocycles. The molecule has 8 rings (SSSR count). The highest BCUT2D eigenvalue weighted by Gasteiger charge is 2.39. The van der Waals surface area contributed by atoms with Crippen molar-refractivity contribution in [2.24, 2.45) is 7.05 Å². The average molecular weight is 799 g/mol. The van der Waals surface area contributed by atoms with E-state index in [4.69, 9.17) is 0 Å². The lowest BCUT2D eigenvalue weighted by Crippen LogP contribution is -2.52. The smallest absolute Gasteiger partial charge is 0.270 e. The Bertz CT molecular complexity index is 2650.